The number of aliphatic carboxylic acids is 1. The Kier molecular flexibility index (Phi) is 4.88. The van der Waals surface area contributed by atoms with Crippen LogP contribution in [0.5, 0.6) is 5.75 Å². The Labute approximate surface area is 126 Å². The number of hydrogen-bond donors (Lipinski definition) is 0. The van der Waals surface area contributed by atoms with Crippen molar-refractivity contribution in [2.24, 2.45) is 5.92 Å². The topological polar surface area (TPSA) is 58.6 Å². The Balaban J connectivity index is 2.43. The predicted octanol–water partition coefficient (Wildman–Crippen LogP) is 1.91. The highest BCUT2D eigenvalue weighted by Crippen LogP contribution is 2.45. The van der Waals surface area contributed by atoms with Crippen molar-refractivity contribution in [1.82, 2.24) is 0 Å². The van der Waals surface area contributed by atoms with Crippen LogP contribution in [-0.4, -0.2) is 25.8 Å². The lowest BCUT2D eigenvalue weighted by molar-refractivity contribution is -0.307. The SMILES string of the molecule is COc1ccccc1[C@]1(CC(=O)[O-])CCO[C@H](C(C)C)C1. The van der Waals surface area contributed by atoms with Crippen molar-refractivity contribution in [2.75, 3.05) is 13.7 Å². The Morgan fingerprint density at radius 3 is 2.81 bits per heavy atom. The summed E-state index contributed by atoms with van der Waals surface area (Å²) in [6.45, 7) is 4.76. The summed E-state index contributed by atoms with van der Waals surface area (Å²) in [6.07, 6.45) is 1.41. The largest absolute Gasteiger partial charge is 0.550 e. The first-order valence-corrected chi connectivity index (χ1v) is 7.43. The lowest BCUT2D eigenvalue weighted by Gasteiger charge is -2.43. The molecule has 4 heteroatoms. The Hall–Kier alpha value is -1.55. The van der Waals surface area contributed by atoms with Gasteiger partial charge in [0.25, 0.3) is 0 Å². The molecule has 116 valence electrons. The maximum Gasteiger partial charge on any atom is 0.122 e. The molecule has 1 aromatic carbocycles. The summed E-state index contributed by atoms with van der Waals surface area (Å²) in [5.74, 6) is 0.0644. The van der Waals surface area contributed by atoms with Gasteiger partial charge in [0.15, 0.2) is 0 Å². The van der Waals surface area contributed by atoms with E-state index in [2.05, 4.69) is 13.8 Å². The van der Waals surface area contributed by atoms with Crippen molar-refractivity contribution in [2.45, 2.75) is 44.6 Å². The van der Waals surface area contributed by atoms with E-state index in [0.717, 1.165) is 11.3 Å². The minimum atomic E-state index is -1.02. The number of carbonyl (C=O) groups is 1. The highest BCUT2D eigenvalue weighted by atomic mass is 16.5. The summed E-state index contributed by atoms with van der Waals surface area (Å²) < 4.78 is 11.3. The van der Waals surface area contributed by atoms with Crippen molar-refractivity contribution in [1.29, 1.82) is 0 Å². The van der Waals surface area contributed by atoms with Crippen LogP contribution in [0, 0.1) is 5.92 Å². The number of carboxylic acids is 1. The molecule has 2 rings (SSSR count). The lowest BCUT2D eigenvalue weighted by Crippen LogP contribution is -2.44. The molecule has 0 spiro atoms. The zero-order valence-corrected chi connectivity index (χ0v) is 12.9. The summed E-state index contributed by atoms with van der Waals surface area (Å²) in [5, 5.41) is 11.3. The van der Waals surface area contributed by atoms with E-state index in [1.165, 1.54) is 0 Å². The standard InChI is InChI=1S/C17H24O4/c1-12(2)15-10-17(8-9-21-15,11-16(18)19)13-6-4-5-7-14(13)20-3/h4-7,12,15H,8-11H2,1-3H3,(H,18,19)/p-1/t15-,17+/m0/s1. The van der Waals surface area contributed by atoms with Gasteiger partial charge in [-0.25, -0.2) is 0 Å². The van der Waals surface area contributed by atoms with E-state index >= 15 is 0 Å². The zero-order valence-electron chi connectivity index (χ0n) is 12.9. The number of ether oxygens (including phenoxy) is 2. The van der Waals surface area contributed by atoms with Crippen molar-refractivity contribution in [3.63, 3.8) is 0 Å². The van der Waals surface area contributed by atoms with E-state index in [9.17, 15) is 9.90 Å². The minimum absolute atomic E-state index is 0.0000463. The molecule has 0 N–H and O–H groups in total. The average Bonchev–Trinajstić information content (AvgIpc) is 2.46. The molecular formula is C17H23O4-. The molecule has 1 aliphatic rings. The van der Waals surface area contributed by atoms with E-state index in [1.807, 2.05) is 24.3 Å². The quantitative estimate of drug-likeness (QED) is 0.831. The molecule has 1 saturated heterocycles. The van der Waals surface area contributed by atoms with Gasteiger partial charge >= 0.3 is 0 Å². The van der Waals surface area contributed by atoms with Gasteiger partial charge in [-0.1, -0.05) is 32.0 Å². The first-order valence-electron chi connectivity index (χ1n) is 7.43. The Bertz CT molecular complexity index is 497. The summed E-state index contributed by atoms with van der Waals surface area (Å²) in [7, 11) is 1.62. The Morgan fingerprint density at radius 1 is 1.48 bits per heavy atom. The highest BCUT2D eigenvalue weighted by Gasteiger charge is 2.41. The third kappa shape index (κ3) is 3.38. The van der Waals surface area contributed by atoms with Crippen molar-refractivity contribution in [3.05, 3.63) is 29.8 Å². The second kappa shape index (κ2) is 6.48. The molecule has 0 unspecified atom stereocenters. The molecule has 0 radical (unpaired) electrons. The number of carbonyl (C=O) groups excluding carboxylic acids is 1. The molecule has 1 aliphatic heterocycles. The smallest absolute Gasteiger partial charge is 0.122 e. The van der Waals surface area contributed by atoms with Crippen LogP contribution in [0.4, 0.5) is 0 Å². The number of hydrogen-bond acceptors (Lipinski definition) is 4. The molecule has 1 aromatic rings. The molecule has 4 nitrogen and oxygen atoms in total. The minimum Gasteiger partial charge on any atom is -0.550 e. The van der Waals surface area contributed by atoms with Gasteiger partial charge in [0.1, 0.15) is 5.75 Å². The van der Waals surface area contributed by atoms with E-state index in [-0.39, 0.29) is 12.5 Å². The molecule has 0 aliphatic carbocycles. The van der Waals surface area contributed by atoms with Crippen LogP contribution < -0.4 is 9.84 Å². The van der Waals surface area contributed by atoms with Crippen LogP contribution in [0.1, 0.15) is 38.7 Å². The first-order chi connectivity index (χ1) is 9.98. The van der Waals surface area contributed by atoms with Gasteiger partial charge in [0.05, 0.1) is 13.2 Å². The summed E-state index contributed by atoms with van der Waals surface area (Å²) in [5.41, 5.74) is 0.476. The summed E-state index contributed by atoms with van der Waals surface area (Å²) in [6, 6.07) is 7.67. The Morgan fingerprint density at radius 2 is 2.19 bits per heavy atom. The van der Waals surface area contributed by atoms with Crippen LogP contribution >= 0.6 is 0 Å². The van der Waals surface area contributed by atoms with E-state index < -0.39 is 11.4 Å². The van der Waals surface area contributed by atoms with Crippen molar-refractivity contribution < 1.29 is 19.4 Å². The lowest BCUT2D eigenvalue weighted by atomic mass is 9.68. The fourth-order valence-electron chi connectivity index (χ4n) is 3.24. The second-order valence-electron chi connectivity index (χ2n) is 6.14. The molecule has 2 atom stereocenters. The van der Waals surface area contributed by atoms with Gasteiger partial charge in [0, 0.05) is 23.6 Å². The van der Waals surface area contributed by atoms with Gasteiger partial charge in [-0.05, 0) is 31.2 Å². The highest BCUT2D eigenvalue weighted by molar-refractivity contribution is 5.67. The third-order valence-electron chi connectivity index (χ3n) is 4.41. The molecule has 1 heterocycles. The number of carboxylic acid groups (broad SMARTS) is 1. The van der Waals surface area contributed by atoms with E-state index in [1.54, 1.807) is 7.11 Å². The monoisotopic (exact) mass is 291 g/mol. The van der Waals surface area contributed by atoms with Crippen LogP contribution in [0.2, 0.25) is 0 Å². The van der Waals surface area contributed by atoms with Crippen molar-refractivity contribution in [3.8, 4) is 5.75 Å². The fraction of sp³-hybridized carbons (Fsp3) is 0.588. The summed E-state index contributed by atoms with van der Waals surface area (Å²) in [4.78, 5) is 11.3. The normalized spacial score (nSPS) is 25.8. The van der Waals surface area contributed by atoms with Crippen LogP contribution in [0.25, 0.3) is 0 Å². The number of para-hydroxylation sites is 1. The molecule has 21 heavy (non-hydrogen) atoms. The van der Waals surface area contributed by atoms with Gasteiger partial charge in [-0.15, -0.1) is 0 Å². The van der Waals surface area contributed by atoms with E-state index in [4.69, 9.17) is 9.47 Å². The molecule has 0 aromatic heterocycles. The first kappa shape index (κ1) is 15.8. The molecule has 0 bridgehead atoms. The fourth-order valence-corrected chi connectivity index (χ4v) is 3.24. The predicted molar refractivity (Wildman–Crippen MR) is 78.1 cm³/mol. The number of methoxy groups -OCH3 is 1. The van der Waals surface area contributed by atoms with Gasteiger partial charge in [-0.2, -0.15) is 0 Å². The van der Waals surface area contributed by atoms with Gasteiger partial charge in [-0.3, -0.25) is 0 Å². The zero-order chi connectivity index (χ0) is 15.5. The van der Waals surface area contributed by atoms with Crippen LogP contribution in [-0.2, 0) is 14.9 Å². The summed E-state index contributed by atoms with van der Waals surface area (Å²) >= 11 is 0. The van der Waals surface area contributed by atoms with Crippen LogP contribution in [0.15, 0.2) is 24.3 Å². The maximum absolute atomic E-state index is 11.3. The van der Waals surface area contributed by atoms with Crippen LogP contribution in [0.3, 0.4) is 0 Å². The number of rotatable bonds is 5. The number of benzene rings is 1. The maximum atomic E-state index is 11.3. The second-order valence-corrected chi connectivity index (χ2v) is 6.14. The molecule has 0 amide bonds. The van der Waals surface area contributed by atoms with E-state index in [0.29, 0.717) is 25.4 Å². The molecule has 1 fully saturated rings. The van der Waals surface area contributed by atoms with Gasteiger partial charge < -0.3 is 19.4 Å². The molecular weight excluding hydrogens is 268 g/mol. The van der Waals surface area contributed by atoms with Gasteiger partial charge in [0.2, 0.25) is 0 Å². The average molecular weight is 291 g/mol. The third-order valence-corrected chi connectivity index (χ3v) is 4.41. The molecule has 0 saturated carbocycles. The van der Waals surface area contributed by atoms with Crippen molar-refractivity contribution >= 4 is 5.97 Å².